The van der Waals surface area contributed by atoms with Crippen LogP contribution in [0, 0.1) is 6.92 Å². The Kier molecular flexibility index (Phi) is 5.10. The van der Waals surface area contributed by atoms with Crippen molar-refractivity contribution in [3.8, 4) is 11.4 Å². The number of hydrogen-bond acceptors (Lipinski definition) is 4. The molecular formula is C22H24N4O. The van der Waals surface area contributed by atoms with Crippen molar-refractivity contribution in [2.24, 2.45) is 0 Å². The van der Waals surface area contributed by atoms with E-state index in [-0.39, 0.29) is 12.3 Å². The van der Waals surface area contributed by atoms with E-state index in [0.717, 1.165) is 11.1 Å². The standard InChI is InChI=1S/C22H24N4O/c1-16-7-5-6-10-20(16)22-23-25-26(24-22)15-21(27)19-13-11-18(12-14-19)17-8-3-2-4-9-17/h5-7,10-14,17H,2-4,8-9,15H2,1H3. The molecule has 0 spiro atoms. The Bertz CT molecular complexity index is 923. The Hall–Kier alpha value is -2.82. The first kappa shape index (κ1) is 17.6. The van der Waals surface area contributed by atoms with Crippen molar-refractivity contribution in [2.75, 3.05) is 0 Å². The Balaban J connectivity index is 1.44. The van der Waals surface area contributed by atoms with Crippen LogP contribution in [0.5, 0.6) is 0 Å². The van der Waals surface area contributed by atoms with Gasteiger partial charge in [-0.3, -0.25) is 4.79 Å². The fourth-order valence-electron chi connectivity index (χ4n) is 3.84. The quantitative estimate of drug-likeness (QED) is 0.625. The summed E-state index contributed by atoms with van der Waals surface area (Å²) in [6.07, 6.45) is 6.50. The van der Waals surface area contributed by atoms with Gasteiger partial charge in [-0.2, -0.15) is 4.80 Å². The third kappa shape index (κ3) is 3.97. The molecule has 2 aromatic carbocycles. The SMILES string of the molecule is Cc1ccccc1-c1nnn(CC(=O)c2ccc(C3CCCCC3)cc2)n1. The van der Waals surface area contributed by atoms with Crippen LogP contribution in [-0.4, -0.2) is 26.0 Å². The Morgan fingerprint density at radius 2 is 1.78 bits per heavy atom. The van der Waals surface area contributed by atoms with E-state index in [1.807, 2.05) is 43.3 Å². The lowest BCUT2D eigenvalue weighted by atomic mass is 9.84. The van der Waals surface area contributed by atoms with Crippen LogP contribution >= 0.6 is 0 Å². The predicted molar refractivity (Wildman–Crippen MR) is 105 cm³/mol. The molecule has 5 heteroatoms. The minimum Gasteiger partial charge on any atom is -0.292 e. The first-order valence-electron chi connectivity index (χ1n) is 9.68. The predicted octanol–water partition coefficient (Wildman–Crippen LogP) is 4.58. The number of carbonyl (C=O) groups is 1. The van der Waals surface area contributed by atoms with Crippen molar-refractivity contribution in [3.63, 3.8) is 0 Å². The van der Waals surface area contributed by atoms with E-state index < -0.39 is 0 Å². The molecule has 0 saturated heterocycles. The molecule has 27 heavy (non-hydrogen) atoms. The van der Waals surface area contributed by atoms with Gasteiger partial charge in [-0.1, -0.05) is 67.8 Å². The third-order valence-corrected chi connectivity index (χ3v) is 5.43. The highest BCUT2D eigenvalue weighted by Crippen LogP contribution is 2.32. The molecule has 1 aliphatic rings. The van der Waals surface area contributed by atoms with Crippen LogP contribution in [0.4, 0.5) is 0 Å². The van der Waals surface area contributed by atoms with Crippen molar-refractivity contribution < 1.29 is 4.79 Å². The van der Waals surface area contributed by atoms with E-state index >= 15 is 0 Å². The molecule has 0 amide bonds. The normalized spacial score (nSPS) is 15.0. The summed E-state index contributed by atoms with van der Waals surface area (Å²) < 4.78 is 0. The maximum absolute atomic E-state index is 12.6. The van der Waals surface area contributed by atoms with Crippen LogP contribution in [0.15, 0.2) is 48.5 Å². The molecule has 0 bridgehead atoms. The highest BCUT2D eigenvalue weighted by molar-refractivity contribution is 5.95. The third-order valence-electron chi connectivity index (χ3n) is 5.43. The molecular weight excluding hydrogens is 336 g/mol. The van der Waals surface area contributed by atoms with E-state index in [9.17, 15) is 4.79 Å². The summed E-state index contributed by atoms with van der Waals surface area (Å²) in [4.78, 5) is 14.0. The van der Waals surface area contributed by atoms with E-state index in [1.165, 1.54) is 42.5 Å². The largest absolute Gasteiger partial charge is 0.292 e. The molecule has 0 atom stereocenters. The van der Waals surface area contributed by atoms with Crippen molar-refractivity contribution in [1.29, 1.82) is 0 Å². The second-order valence-electron chi connectivity index (χ2n) is 7.34. The number of rotatable bonds is 5. The molecule has 1 saturated carbocycles. The first-order chi connectivity index (χ1) is 13.2. The van der Waals surface area contributed by atoms with Gasteiger partial charge in [0.2, 0.25) is 5.82 Å². The van der Waals surface area contributed by atoms with Gasteiger partial charge in [0.25, 0.3) is 0 Å². The van der Waals surface area contributed by atoms with Gasteiger partial charge in [0, 0.05) is 11.1 Å². The molecule has 0 aliphatic heterocycles. The lowest BCUT2D eigenvalue weighted by molar-refractivity contribution is 0.0961. The van der Waals surface area contributed by atoms with Crippen molar-refractivity contribution in [1.82, 2.24) is 20.2 Å². The summed E-state index contributed by atoms with van der Waals surface area (Å²) in [5, 5.41) is 12.5. The minimum atomic E-state index is -0.000993. The number of aryl methyl sites for hydroxylation is 1. The van der Waals surface area contributed by atoms with Gasteiger partial charge >= 0.3 is 0 Å². The second-order valence-corrected chi connectivity index (χ2v) is 7.34. The maximum atomic E-state index is 12.6. The number of carbonyl (C=O) groups excluding carboxylic acids is 1. The van der Waals surface area contributed by atoms with E-state index in [4.69, 9.17) is 0 Å². The second kappa shape index (κ2) is 7.82. The summed E-state index contributed by atoms with van der Waals surface area (Å²) in [5.74, 6) is 1.20. The van der Waals surface area contributed by atoms with Crippen LogP contribution in [0.3, 0.4) is 0 Å². The minimum absolute atomic E-state index is 0.000993. The van der Waals surface area contributed by atoms with E-state index in [1.54, 1.807) is 0 Å². The summed E-state index contributed by atoms with van der Waals surface area (Å²) in [5.41, 5.74) is 4.07. The fraction of sp³-hybridized carbons (Fsp3) is 0.364. The molecule has 0 unspecified atom stereocenters. The van der Waals surface area contributed by atoms with Gasteiger partial charge in [0.1, 0.15) is 6.54 Å². The number of nitrogens with zero attached hydrogens (tertiary/aromatic N) is 4. The average Bonchev–Trinajstić information content (AvgIpc) is 3.17. The van der Waals surface area contributed by atoms with E-state index in [2.05, 4.69) is 27.5 Å². The highest BCUT2D eigenvalue weighted by Gasteiger charge is 2.16. The number of benzene rings is 2. The van der Waals surface area contributed by atoms with Crippen molar-refractivity contribution in [2.45, 2.75) is 51.5 Å². The molecule has 1 aliphatic carbocycles. The van der Waals surface area contributed by atoms with Gasteiger partial charge in [-0.15, -0.1) is 10.2 Å². The number of Topliss-reactive ketones (excluding diaryl/α,β-unsaturated/α-hetero) is 1. The van der Waals surface area contributed by atoms with E-state index in [0.29, 0.717) is 17.3 Å². The fourth-order valence-corrected chi connectivity index (χ4v) is 3.84. The average molecular weight is 360 g/mol. The van der Waals surface area contributed by atoms with Crippen molar-refractivity contribution >= 4 is 5.78 Å². The van der Waals surface area contributed by atoms with Gasteiger partial charge in [-0.05, 0) is 42.0 Å². The number of hydrogen-bond donors (Lipinski definition) is 0. The molecule has 0 N–H and O–H groups in total. The van der Waals surface area contributed by atoms with Gasteiger partial charge in [0.05, 0.1) is 0 Å². The number of tetrazole rings is 1. The topological polar surface area (TPSA) is 60.7 Å². The lowest BCUT2D eigenvalue weighted by Crippen LogP contribution is -2.13. The van der Waals surface area contributed by atoms with Crippen LogP contribution in [0.2, 0.25) is 0 Å². The van der Waals surface area contributed by atoms with Crippen LogP contribution < -0.4 is 0 Å². The van der Waals surface area contributed by atoms with Crippen LogP contribution in [0.25, 0.3) is 11.4 Å². The van der Waals surface area contributed by atoms with Crippen LogP contribution in [-0.2, 0) is 6.54 Å². The number of aromatic nitrogens is 4. The zero-order valence-electron chi connectivity index (χ0n) is 15.6. The van der Waals surface area contributed by atoms with Gasteiger partial charge < -0.3 is 0 Å². The van der Waals surface area contributed by atoms with Crippen molar-refractivity contribution in [3.05, 3.63) is 65.2 Å². The zero-order valence-corrected chi connectivity index (χ0v) is 15.6. The summed E-state index contributed by atoms with van der Waals surface area (Å²) in [6, 6.07) is 16.0. The molecule has 5 nitrogen and oxygen atoms in total. The van der Waals surface area contributed by atoms with Crippen LogP contribution in [0.1, 0.15) is 59.5 Å². The Labute approximate surface area is 159 Å². The Morgan fingerprint density at radius 1 is 1.04 bits per heavy atom. The molecule has 0 radical (unpaired) electrons. The van der Waals surface area contributed by atoms with Gasteiger partial charge in [-0.25, -0.2) is 0 Å². The molecule has 1 fully saturated rings. The summed E-state index contributed by atoms with van der Waals surface area (Å²) >= 11 is 0. The maximum Gasteiger partial charge on any atom is 0.205 e. The molecule has 1 aromatic heterocycles. The smallest absolute Gasteiger partial charge is 0.205 e. The monoisotopic (exact) mass is 360 g/mol. The summed E-state index contributed by atoms with van der Waals surface area (Å²) in [6.45, 7) is 2.11. The number of ketones is 1. The zero-order chi connectivity index (χ0) is 18.6. The molecule has 138 valence electrons. The molecule has 1 heterocycles. The lowest BCUT2D eigenvalue weighted by Gasteiger charge is -2.22. The first-order valence-corrected chi connectivity index (χ1v) is 9.68. The summed E-state index contributed by atoms with van der Waals surface area (Å²) in [7, 11) is 0. The molecule has 3 aromatic rings. The van der Waals surface area contributed by atoms with Gasteiger partial charge in [0.15, 0.2) is 5.78 Å². The molecule has 4 rings (SSSR count). The Morgan fingerprint density at radius 3 is 2.52 bits per heavy atom. The highest BCUT2D eigenvalue weighted by atomic mass is 16.1.